The summed E-state index contributed by atoms with van der Waals surface area (Å²) in [5, 5.41) is 0. The summed E-state index contributed by atoms with van der Waals surface area (Å²) in [6, 6.07) is 0. The van der Waals surface area contributed by atoms with Crippen molar-refractivity contribution in [1.29, 1.82) is 0 Å². The molecular weight excluding hydrogens is 444 g/mol. The Bertz CT molecular complexity index is 291. The van der Waals surface area contributed by atoms with E-state index in [0.717, 1.165) is 0 Å². The molecule has 0 rings (SSSR count). The number of phosphoric acid groups is 4. The number of hydrogen-bond donors (Lipinski definition) is 8. The molecule has 0 aromatic rings. The molecule has 22 heavy (non-hydrogen) atoms. The Morgan fingerprint density at radius 2 is 0.545 bits per heavy atom. The second-order valence-corrected chi connectivity index (χ2v) is 5.89. The summed E-state index contributed by atoms with van der Waals surface area (Å²) >= 11 is 0. The zero-order valence-corrected chi connectivity index (χ0v) is 17.2. The Hall–Kier alpha value is 2.47. The van der Waals surface area contributed by atoms with Crippen LogP contribution in [-0.4, -0.2) is 99.9 Å². The van der Waals surface area contributed by atoms with Gasteiger partial charge in [-0.3, -0.25) is 4.57 Å². The van der Waals surface area contributed by atoms with Gasteiger partial charge in [0.2, 0.25) is 0 Å². The molecule has 0 saturated carbocycles. The largest absolute Gasteiger partial charge is 2.00 e. The van der Waals surface area contributed by atoms with E-state index in [9.17, 15) is 0 Å². The summed E-state index contributed by atoms with van der Waals surface area (Å²) in [5.41, 5.74) is 0. The smallest absolute Gasteiger partial charge is 0.822 e. The summed E-state index contributed by atoms with van der Waals surface area (Å²) in [6.07, 6.45) is 0. The van der Waals surface area contributed by atoms with Gasteiger partial charge in [-0.05, 0) is 0 Å². The minimum Gasteiger partial charge on any atom is -0.822 e. The van der Waals surface area contributed by atoms with Gasteiger partial charge in [0.05, 0.1) is 0 Å². The van der Waals surface area contributed by atoms with E-state index in [1.165, 1.54) is 0 Å². The fourth-order valence-electron chi connectivity index (χ4n) is 0. The second kappa shape index (κ2) is 16.9. The van der Waals surface area contributed by atoms with Crippen molar-refractivity contribution in [1.82, 2.24) is 0 Å². The molecule has 0 unspecified atom stereocenters. The Morgan fingerprint density at radius 1 is 0.545 bits per heavy atom. The standard InChI is InChI=1S/Ca.Mg.4H3O4P/c;;4*1-5(2,3)4/h;;4*(H3,1,2,3,4)/q2*+2;;;;/p-4. The molecule has 128 valence electrons. The van der Waals surface area contributed by atoms with Gasteiger partial charge in [0, 0.05) is 0 Å². The molecule has 0 aliphatic rings. The third-order valence-corrected chi connectivity index (χ3v) is 0. The van der Waals surface area contributed by atoms with Crippen LogP contribution >= 0.6 is 31.3 Å². The first-order valence-electron chi connectivity index (χ1n) is 3.06. The second-order valence-electron chi connectivity index (χ2n) is 1.96. The van der Waals surface area contributed by atoms with Gasteiger partial charge >= 0.3 is 76.4 Å². The van der Waals surface area contributed by atoms with Crippen LogP contribution < -0.4 is 19.6 Å². The molecule has 22 heteroatoms. The van der Waals surface area contributed by atoms with Crippen LogP contribution in [0.25, 0.3) is 0 Å². The van der Waals surface area contributed by atoms with Gasteiger partial charge in [-0.2, -0.15) is 7.82 Å². The van der Waals surface area contributed by atoms with Crippen LogP contribution in [-0.2, 0) is 18.3 Å². The molecule has 0 radical (unpaired) electrons. The van der Waals surface area contributed by atoms with Crippen molar-refractivity contribution < 1.29 is 77.0 Å². The van der Waals surface area contributed by atoms with Gasteiger partial charge in [0.15, 0.2) is 0 Å². The van der Waals surface area contributed by atoms with Crippen LogP contribution in [0, 0.1) is 0 Å². The number of rotatable bonds is 0. The zero-order valence-electron chi connectivity index (χ0n) is 10.0. The minimum absolute atomic E-state index is 0. The van der Waals surface area contributed by atoms with E-state index in [-0.39, 0.29) is 60.8 Å². The Kier molecular flexibility index (Phi) is 30.4. The normalized spacial score (nSPS) is 10.7. The van der Waals surface area contributed by atoms with Gasteiger partial charge in [-0.25, -0.2) is 9.13 Å². The predicted molar refractivity (Wildman–Crippen MR) is 59.7 cm³/mol. The van der Waals surface area contributed by atoms with Crippen molar-refractivity contribution >= 4 is 92.1 Å². The van der Waals surface area contributed by atoms with Gasteiger partial charge < -0.3 is 63.3 Å². The van der Waals surface area contributed by atoms with Crippen LogP contribution in [0.3, 0.4) is 0 Å². The quantitative estimate of drug-likeness (QED) is 0.125. The molecule has 0 atom stereocenters. The molecule has 0 aliphatic carbocycles. The molecule has 16 nitrogen and oxygen atoms in total. The summed E-state index contributed by atoms with van der Waals surface area (Å²) in [6.45, 7) is 0. The van der Waals surface area contributed by atoms with Crippen molar-refractivity contribution in [3.05, 3.63) is 0 Å². The van der Waals surface area contributed by atoms with Crippen molar-refractivity contribution in [3.63, 3.8) is 0 Å². The first kappa shape index (κ1) is 39.5. The van der Waals surface area contributed by atoms with E-state index in [1.54, 1.807) is 0 Å². The molecule has 0 saturated heterocycles. The average Bonchev–Trinajstić information content (AvgIpc) is 1.62. The van der Waals surface area contributed by atoms with Crippen molar-refractivity contribution in [2.45, 2.75) is 0 Å². The van der Waals surface area contributed by atoms with Crippen LogP contribution in [0.4, 0.5) is 0 Å². The molecule has 0 amide bonds. The summed E-state index contributed by atoms with van der Waals surface area (Å²) in [5.74, 6) is 0. The first-order chi connectivity index (χ1) is 8.00. The van der Waals surface area contributed by atoms with E-state index in [1.807, 2.05) is 0 Å². The Morgan fingerprint density at radius 3 is 0.545 bits per heavy atom. The van der Waals surface area contributed by atoms with E-state index in [0.29, 0.717) is 0 Å². The molecule has 8 N–H and O–H groups in total. The predicted octanol–water partition coefficient (Wildman–Crippen LogP) is -7.00. The van der Waals surface area contributed by atoms with E-state index in [4.69, 9.17) is 77.0 Å². The third-order valence-electron chi connectivity index (χ3n) is 0. The molecule has 0 spiro atoms. The summed E-state index contributed by atoms with van der Waals surface area (Å²) < 4.78 is 35.1. The molecule has 0 fully saturated rings. The molecule has 0 aromatic carbocycles. The van der Waals surface area contributed by atoms with E-state index >= 15 is 0 Å². The molecular formula is H8CaMgO16P4. The SMILES string of the molecule is O=P(O)(O)O.O=P(O)(O)O.O=P([O-])(O)O.O=P([O-])([O-])[O-].[Ca+2].[Mg+2]. The van der Waals surface area contributed by atoms with Crippen LogP contribution in [0.2, 0.25) is 0 Å². The van der Waals surface area contributed by atoms with Crippen molar-refractivity contribution in [2.75, 3.05) is 0 Å². The molecule has 0 bridgehead atoms. The van der Waals surface area contributed by atoms with E-state index in [2.05, 4.69) is 0 Å². The maximum atomic E-state index is 8.88. The molecule has 0 aliphatic heterocycles. The Balaban J connectivity index is -0.0000000376. The van der Waals surface area contributed by atoms with Gasteiger partial charge in [0.1, 0.15) is 0 Å². The van der Waals surface area contributed by atoms with Crippen LogP contribution in [0.5, 0.6) is 0 Å². The van der Waals surface area contributed by atoms with Crippen LogP contribution in [0.1, 0.15) is 0 Å². The molecule has 0 aromatic heterocycles. The average molecular weight is 452 g/mol. The maximum absolute atomic E-state index is 8.88. The monoisotopic (exact) mass is 452 g/mol. The van der Waals surface area contributed by atoms with Crippen molar-refractivity contribution in [2.24, 2.45) is 0 Å². The fraction of sp³-hybridized carbons (Fsp3) is 0. The fourth-order valence-corrected chi connectivity index (χ4v) is 0. The zero-order chi connectivity index (χ0) is 18.0. The van der Waals surface area contributed by atoms with Gasteiger partial charge in [-0.1, -0.05) is 0 Å². The number of hydrogen-bond acceptors (Lipinski definition) is 8. The van der Waals surface area contributed by atoms with Crippen molar-refractivity contribution in [3.8, 4) is 0 Å². The minimum atomic E-state index is -5.39. The van der Waals surface area contributed by atoms with E-state index < -0.39 is 31.3 Å². The van der Waals surface area contributed by atoms with Crippen LogP contribution in [0.15, 0.2) is 0 Å². The topological polar surface area (TPSA) is 322 Å². The maximum Gasteiger partial charge on any atom is 2.00 e. The third kappa shape index (κ3) is 1700. The van der Waals surface area contributed by atoms with Gasteiger partial charge in [-0.15, -0.1) is 0 Å². The summed E-state index contributed by atoms with van der Waals surface area (Å²) in [7, 11) is -19.6. The Labute approximate surface area is 168 Å². The summed E-state index contributed by atoms with van der Waals surface area (Å²) in [4.78, 5) is 91.7. The van der Waals surface area contributed by atoms with Gasteiger partial charge in [0.25, 0.3) is 7.82 Å². The molecule has 0 heterocycles. The first-order valence-corrected chi connectivity index (χ1v) is 9.18.